The Bertz CT molecular complexity index is 642. The van der Waals surface area contributed by atoms with E-state index in [1.165, 1.54) is 6.33 Å². The Balaban J connectivity index is 1.56. The third-order valence-corrected chi connectivity index (χ3v) is 3.48. The van der Waals surface area contributed by atoms with Crippen LogP contribution in [-0.4, -0.2) is 33.9 Å². The molecular weight excluding hydrogens is 284 g/mol. The number of benzene rings is 1. The van der Waals surface area contributed by atoms with Crippen LogP contribution in [0.5, 0.6) is 11.5 Å². The van der Waals surface area contributed by atoms with E-state index in [2.05, 4.69) is 15.4 Å². The molecule has 2 heterocycles. The molecule has 116 valence electrons. The molecule has 1 aliphatic rings. The molecule has 0 radical (unpaired) electrons. The average molecular weight is 302 g/mol. The summed E-state index contributed by atoms with van der Waals surface area (Å²) in [7, 11) is 0. The van der Waals surface area contributed by atoms with Crippen LogP contribution in [0.3, 0.4) is 0 Å². The summed E-state index contributed by atoms with van der Waals surface area (Å²) in [5, 5.41) is 6.94. The van der Waals surface area contributed by atoms with E-state index in [1.807, 2.05) is 25.1 Å². The highest BCUT2D eigenvalue weighted by molar-refractivity contribution is 5.76. The number of hydrogen-bond donors (Lipinski definition) is 1. The molecular formula is C15H18N4O3. The minimum atomic E-state index is -0.0981. The highest BCUT2D eigenvalue weighted by Gasteiger charge is 2.15. The van der Waals surface area contributed by atoms with Crippen LogP contribution in [0.1, 0.15) is 24.9 Å². The normalized spacial score (nSPS) is 14.4. The molecule has 0 spiro atoms. The van der Waals surface area contributed by atoms with Gasteiger partial charge in [0.05, 0.1) is 12.6 Å². The van der Waals surface area contributed by atoms with E-state index in [-0.39, 0.29) is 11.9 Å². The van der Waals surface area contributed by atoms with Crippen molar-refractivity contribution in [1.82, 2.24) is 20.1 Å². The van der Waals surface area contributed by atoms with E-state index in [0.717, 1.165) is 17.1 Å². The molecule has 0 saturated heterocycles. The fourth-order valence-corrected chi connectivity index (χ4v) is 2.29. The first-order valence-corrected chi connectivity index (χ1v) is 7.24. The predicted molar refractivity (Wildman–Crippen MR) is 78.6 cm³/mol. The molecule has 22 heavy (non-hydrogen) atoms. The van der Waals surface area contributed by atoms with Crippen LogP contribution < -0.4 is 14.8 Å². The van der Waals surface area contributed by atoms with Gasteiger partial charge in [0.25, 0.3) is 0 Å². The summed E-state index contributed by atoms with van der Waals surface area (Å²) in [5.41, 5.74) is 0.985. The summed E-state index contributed by atoms with van der Waals surface area (Å²) in [6.45, 7) is 3.58. The van der Waals surface area contributed by atoms with E-state index >= 15 is 0 Å². The van der Waals surface area contributed by atoms with Crippen LogP contribution in [0.4, 0.5) is 0 Å². The molecule has 0 fully saturated rings. The number of amides is 1. The van der Waals surface area contributed by atoms with Crippen molar-refractivity contribution in [1.29, 1.82) is 0 Å². The Kier molecular flexibility index (Phi) is 4.22. The highest BCUT2D eigenvalue weighted by atomic mass is 16.6. The molecule has 7 nitrogen and oxygen atoms in total. The Morgan fingerprint density at radius 2 is 2.18 bits per heavy atom. The zero-order valence-electron chi connectivity index (χ0n) is 12.4. The minimum absolute atomic E-state index is 0.0297. The fourth-order valence-electron chi connectivity index (χ4n) is 2.29. The Morgan fingerprint density at radius 1 is 1.36 bits per heavy atom. The quantitative estimate of drug-likeness (QED) is 0.901. The lowest BCUT2D eigenvalue weighted by atomic mass is 10.1. The van der Waals surface area contributed by atoms with Crippen LogP contribution in [0, 0.1) is 0 Å². The lowest BCUT2D eigenvalue weighted by Gasteiger charge is -2.21. The van der Waals surface area contributed by atoms with Gasteiger partial charge in [-0.05, 0) is 24.6 Å². The summed E-state index contributed by atoms with van der Waals surface area (Å²) in [6.07, 6.45) is 3.41. The zero-order valence-corrected chi connectivity index (χ0v) is 12.4. The molecule has 1 amide bonds. The van der Waals surface area contributed by atoms with Crippen molar-refractivity contribution in [3.05, 3.63) is 36.4 Å². The summed E-state index contributed by atoms with van der Waals surface area (Å²) >= 11 is 0. The summed E-state index contributed by atoms with van der Waals surface area (Å²) in [6, 6.07) is 5.63. The van der Waals surface area contributed by atoms with Gasteiger partial charge in [0.1, 0.15) is 25.9 Å². The first-order chi connectivity index (χ1) is 10.7. The van der Waals surface area contributed by atoms with Gasteiger partial charge in [-0.1, -0.05) is 6.07 Å². The molecule has 1 N–H and O–H groups in total. The van der Waals surface area contributed by atoms with Crippen LogP contribution in [0.25, 0.3) is 0 Å². The smallest absolute Gasteiger partial charge is 0.222 e. The second-order valence-corrected chi connectivity index (χ2v) is 5.10. The SMILES string of the molecule is C[C@@H](NC(=O)CCn1cncn1)c1ccc2c(c1)OCCO2. The van der Waals surface area contributed by atoms with E-state index in [1.54, 1.807) is 11.0 Å². The van der Waals surface area contributed by atoms with Gasteiger partial charge in [-0.15, -0.1) is 0 Å². The van der Waals surface area contributed by atoms with Gasteiger partial charge in [-0.25, -0.2) is 4.98 Å². The number of fused-ring (bicyclic) bond motifs is 1. The van der Waals surface area contributed by atoms with Crippen molar-refractivity contribution < 1.29 is 14.3 Å². The van der Waals surface area contributed by atoms with Crippen LogP contribution >= 0.6 is 0 Å². The average Bonchev–Trinajstić information content (AvgIpc) is 3.06. The molecule has 1 aromatic heterocycles. The van der Waals surface area contributed by atoms with E-state index in [4.69, 9.17) is 9.47 Å². The Hall–Kier alpha value is -2.57. The van der Waals surface area contributed by atoms with Crippen molar-refractivity contribution in [3.8, 4) is 11.5 Å². The van der Waals surface area contributed by atoms with E-state index in [9.17, 15) is 4.79 Å². The Labute approximate surface area is 128 Å². The maximum absolute atomic E-state index is 12.0. The fraction of sp³-hybridized carbons (Fsp3) is 0.400. The molecule has 0 aliphatic carbocycles. The van der Waals surface area contributed by atoms with Crippen molar-refractivity contribution >= 4 is 5.91 Å². The lowest BCUT2D eigenvalue weighted by molar-refractivity contribution is -0.122. The zero-order chi connectivity index (χ0) is 15.4. The lowest BCUT2D eigenvalue weighted by Crippen LogP contribution is -2.27. The number of carbonyl (C=O) groups excluding carboxylic acids is 1. The standard InChI is InChI=1S/C15H18N4O3/c1-11(18-15(20)4-5-19-10-16-9-17-19)12-2-3-13-14(8-12)22-7-6-21-13/h2-3,8-11H,4-7H2,1H3,(H,18,20)/t11-/m1/s1. The largest absolute Gasteiger partial charge is 0.486 e. The number of rotatable bonds is 5. The van der Waals surface area contributed by atoms with Gasteiger partial charge in [-0.2, -0.15) is 5.10 Å². The van der Waals surface area contributed by atoms with Gasteiger partial charge in [0, 0.05) is 6.42 Å². The minimum Gasteiger partial charge on any atom is -0.486 e. The van der Waals surface area contributed by atoms with Crippen molar-refractivity contribution in [2.24, 2.45) is 0 Å². The van der Waals surface area contributed by atoms with Crippen molar-refractivity contribution in [2.75, 3.05) is 13.2 Å². The number of aryl methyl sites for hydroxylation is 1. The molecule has 0 unspecified atom stereocenters. The number of nitrogens with one attached hydrogen (secondary N) is 1. The molecule has 1 atom stereocenters. The molecule has 7 heteroatoms. The molecule has 1 aromatic carbocycles. The van der Waals surface area contributed by atoms with Gasteiger partial charge in [-0.3, -0.25) is 9.48 Å². The van der Waals surface area contributed by atoms with Gasteiger partial charge in [0.15, 0.2) is 11.5 Å². The summed E-state index contributed by atoms with van der Waals surface area (Å²) in [4.78, 5) is 15.8. The van der Waals surface area contributed by atoms with Gasteiger partial charge >= 0.3 is 0 Å². The molecule has 3 rings (SSSR count). The van der Waals surface area contributed by atoms with E-state index < -0.39 is 0 Å². The first kappa shape index (κ1) is 14.4. The van der Waals surface area contributed by atoms with Gasteiger partial charge in [0.2, 0.25) is 5.91 Å². The maximum Gasteiger partial charge on any atom is 0.222 e. The van der Waals surface area contributed by atoms with Crippen LogP contribution in [0.15, 0.2) is 30.9 Å². The number of hydrogen-bond acceptors (Lipinski definition) is 5. The van der Waals surface area contributed by atoms with Gasteiger partial charge < -0.3 is 14.8 Å². The summed E-state index contributed by atoms with van der Waals surface area (Å²) < 4.78 is 12.7. The maximum atomic E-state index is 12.0. The Morgan fingerprint density at radius 3 is 2.95 bits per heavy atom. The number of nitrogens with zero attached hydrogens (tertiary/aromatic N) is 3. The number of carbonyl (C=O) groups is 1. The van der Waals surface area contributed by atoms with Crippen molar-refractivity contribution in [2.45, 2.75) is 25.9 Å². The second-order valence-electron chi connectivity index (χ2n) is 5.10. The topological polar surface area (TPSA) is 78.3 Å². The monoisotopic (exact) mass is 302 g/mol. The summed E-state index contributed by atoms with van der Waals surface area (Å²) in [5.74, 6) is 1.45. The van der Waals surface area contributed by atoms with Crippen molar-refractivity contribution in [3.63, 3.8) is 0 Å². The van der Waals surface area contributed by atoms with Crippen LogP contribution in [-0.2, 0) is 11.3 Å². The highest BCUT2D eigenvalue weighted by Crippen LogP contribution is 2.32. The third kappa shape index (κ3) is 3.36. The first-order valence-electron chi connectivity index (χ1n) is 7.24. The molecule has 0 saturated carbocycles. The number of aromatic nitrogens is 3. The number of ether oxygens (including phenoxy) is 2. The van der Waals surface area contributed by atoms with Crippen LogP contribution in [0.2, 0.25) is 0 Å². The second kappa shape index (κ2) is 6.46. The van der Waals surface area contributed by atoms with E-state index in [0.29, 0.717) is 26.2 Å². The molecule has 2 aromatic rings. The molecule has 1 aliphatic heterocycles. The predicted octanol–water partition coefficient (Wildman–Crippen LogP) is 1.32. The molecule has 0 bridgehead atoms. The third-order valence-electron chi connectivity index (χ3n) is 3.48.